The molecule has 0 aliphatic heterocycles. The maximum atomic E-state index is 12.5. The van der Waals surface area contributed by atoms with E-state index in [1.807, 2.05) is 0 Å². The molecule has 0 amide bonds. The van der Waals surface area contributed by atoms with Crippen molar-refractivity contribution in [2.75, 3.05) is 6.26 Å². The molecular formula is C19H16O5S2. The normalized spacial score (nSPS) is 11.9. The van der Waals surface area contributed by atoms with Crippen LogP contribution in [0.15, 0.2) is 93.5 Å². The van der Waals surface area contributed by atoms with Crippen molar-refractivity contribution in [3.8, 4) is 11.5 Å². The number of hydrogen-bond acceptors (Lipinski definition) is 5. The molecule has 0 saturated heterocycles. The lowest BCUT2D eigenvalue weighted by Crippen LogP contribution is -2.01. The van der Waals surface area contributed by atoms with Crippen LogP contribution in [0.1, 0.15) is 0 Å². The lowest BCUT2D eigenvalue weighted by atomic mass is 10.3. The van der Waals surface area contributed by atoms with E-state index in [1.54, 1.807) is 54.6 Å². The van der Waals surface area contributed by atoms with Crippen molar-refractivity contribution in [3.63, 3.8) is 0 Å². The third kappa shape index (κ3) is 3.95. The van der Waals surface area contributed by atoms with Crippen LogP contribution in [0.4, 0.5) is 0 Å². The SMILES string of the molecule is CS(=O)(=O)c1ccc(Oc2ccc(S(=O)(=O)c3ccccc3)cc2)cc1. The molecule has 26 heavy (non-hydrogen) atoms. The number of benzene rings is 3. The highest BCUT2D eigenvalue weighted by Gasteiger charge is 2.17. The zero-order valence-corrected chi connectivity index (χ0v) is 15.5. The summed E-state index contributed by atoms with van der Waals surface area (Å²) >= 11 is 0. The van der Waals surface area contributed by atoms with Gasteiger partial charge in [0.15, 0.2) is 9.84 Å². The second-order valence-electron chi connectivity index (χ2n) is 5.63. The van der Waals surface area contributed by atoms with E-state index >= 15 is 0 Å². The summed E-state index contributed by atoms with van der Waals surface area (Å²) in [7, 11) is -6.84. The summed E-state index contributed by atoms with van der Waals surface area (Å²) in [5, 5.41) is 0. The summed E-state index contributed by atoms with van der Waals surface area (Å²) in [6.45, 7) is 0. The molecule has 3 aromatic rings. The zero-order chi connectivity index (χ0) is 18.8. The van der Waals surface area contributed by atoms with Gasteiger partial charge in [-0.05, 0) is 60.7 Å². The third-order valence-corrected chi connectivity index (χ3v) is 6.59. The lowest BCUT2D eigenvalue weighted by Gasteiger charge is -2.08. The van der Waals surface area contributed by atoms with Gasteiger partial charge in [-0.3, -0.25) is 0 Å². The summed E-state index contributed by atoms with van der Waals surface area (Å²) in [4.78, 5) is 0.600. The van der Waals surface area contributed by atoms with Crippen molar-refractivity contribution >= 4 is 19.7 Å². The van der Waals surface area contributed by atoms with E-state index in [4.69, 9.17) is 4.74 Å². The number of rotatable bonds is 5. The average Bonchev–Trinajstić information content (AvgIpc) is 2.63. The molecule has 0 atom stereocenters. The Kier molecular flexibility index (Phi) is 4.84. The maximum Gasteiger partial charge on any atom is 0.206 e. The first-order valence-electron chi connectivity index (χ1n) is 7.65. The Balaban J connectivity index is 1.80. The minimum atomic E-state index is -3.57. The fourth-order valence-electron chi connectivity index (χ4n) is 2.31. The van der Waals surface area contributed by atoms with Crippen molar-refractivity contribution in [2.24, 2.45) is 0 Å². The van der Waals surface area contributed by atoms with Crippen LogP contribution in [0.2, 0.25) is 0 Å². The second kappa shape index (κ2) is 6.93. The maximum absolute atomic E-state index is 12.5. The largest absolute Gasteiger partial charge is 0.457 e. The van der Waals surface area contributed by atoms with Crippen molar-refractivity contribution in [3.05, 3.63) is 78.9 Å². The van der Waals surface area contributed by atoms with Crippen molar-refractivity contribution in [2.45, 2.75) is 14.7 Å². The van der Waals surface area contributed by atoms with E-state index in [2.05, 4.69) is 0 Å². The van der Waals surface area contributed by atoms with E-state index in [1.165, 1.54) is 24.3 Å². The zero-order valence-electron chi connectivity index (χ0n) is 13.9. The Labute approximate surface area is 152 Å². The van der Waals surface area contributed by atoms with E-state index < -0.39 is 19.7 Å². The molecule has 0 spiro atoms. The van der Waals surface area contributed by atoms with Gasteiger partial charge >= 0.3 is 0 Å². The summed E-state index contributed by atoms with van der Waals surface area (Å²) in [5.74, 6) is 0.903. The summed E-state index contributed by atoms with van der Waals surface area (Å²) in [6.07, 6.45) is 1.13. The van der Waals surface area contributed by atoms with Crippen LogP contribution >= 0.6 is 0 Å². The molecule has 7 heteroatoms. The predicted molar refractivity (Wildman–Crippen MR) is 98.0 cm³/mol. The summed E-state index contributed by atoms with van der Waals surface area (Å²) < 4.78 is 53.6. The van der Waals surface area contributed by atoms with Gasteiger partial charge in [0, 0.05) is 6.26 Å². The van der Waals surface area contributed by atoms with Gasteiger partial charge in [-0.25, -0.2) is 16.8 Å². The highest BCUT2D eigenvalue weighted by Crippen LogP contribution is 2.26. The average molecular weight is 388 g/mol. The third-order valence-electron chi connectivity index (χ3n) is 3.68. The number of sulfone groups is 2. The van der Waals surface area contributed by atoms with Gasteiger partial charge in [-0.1, -0.05) is 18.2 Å². The van der Waals surface area contributed by atoms with Crippen LogP contribution in [0, 0.1) is 0 Å². The van der Waals surface area contributed by atoms with Gasteiger partial charge in [0.05, 0.1) is 14.7 Å². The van der Waals surface area contributed by atoms with E-state index in [0.29, 0.717) is 11.5 Å². The number of hydrogen-bond donors (Lipinski definition) is 0. The molecule has 3 rings (SSSR count). The van der Waals surface area contributed by atoms with Crippen LogP contribution in [-0.4, -0.2) is 23.1 Å². The first-order valence-corrected chi connectivity index (χ1v) is 11.0. The van der Waals surface area contributed by atoms with Crippen molar-refractivity contribution in [1.29, 1.82) is 0 Å². The van der Waals surface area contributed by atoms with Gasteiger partial charge in [-0.2, -0.15) is 0 Å². The highest BCUT2D eigenvalue weighted by molar-refractivity contribution is 7.91. The topological polar surface area (TPSA) is 77.5 Å². The smallest absolute Gasteiger partial charge is 0.206 e. The molecule has 0 aliphatic carbocycles. The fraction of sp³-hybridized carbons (Fsp3) is 0.0526. The minimum Gasteiger partial charge on any atom is -0.457 e. The molecule has 0 unspecified atom stereocenters. The molecular weight excluding hydrogens is 372 g/mol. The standard InChI is InChI=1S/C19H16O5S2/c1-25(20,21)17-11-7-15(8-12-17)24-16-9-13-19(14-10-16)26(22,23)18-5-3-2-4-6-18/h2-14H,1H3. The van der Waals surface area contributed by atoms with Gasteiger partial charge in [-0.15, -0.1) is 0 Å². The van der Waals surface area contributed by atoms with Crippen LogP contribution in [-0.2, 0) is 19.7 Å². The molecule has 0 radical (unpaired) electrons. The Bertz CT molecular complexity index is 1100. The van der Waals surface area contributed by atoms with E-state index in [-0.39, 0.29) is 14.7 Å². The van der Waals surface area contributed by atoms with Gasteiger partial charge in [0.1, 0.15) is 11.5 Å². The van der Waals surface area contributed by atoms with Crippen LogP contribution in [0.5, 0.6) is 11.5 Å². The van der Waals surface area contributed by atoms with Gasteiger partial charge in [0.2, 0.25) is 9.84 Å². The minimum absolute atomic E-state index is 0.170. The van der Waals surface area contributed by atoms with E-state index in [0.717, 1.165) is 6.26 Å². The predicted octanol–water partition coefficient (Wildman–Crippen LogP) is 3.72. The summed E-state index contributed by atoms with van der Waals surface area (Å²) in [5.41, 5.74) is 0. The van der Waals surface area contributed by atoms with Crippen LogP contribution in [0.3, 0.4) is 0 Å². The van der Waals surface area contributed by atoms with E-state index in [9.17, 15) is 16.8 Å². The van der Waals surface area contributed by atoms with Crippen LogP contribution < -0.4 is 4.74 Å². The molecule has 5 nitrogen and oxygen atoms in total. The molecule has 3 aromatic carbocycles. The number of ether oxygens (including phenoxy) is 1. The van der Waals surface area contributed by atoms with Gasteiger partial charge < -0.3 is 4.74 Å². The van der Waals surface area contributed by atoms with Gasteiger partial charge in [0.25, 0.3) is 0 Å². The Morgan fingerprint density at radius 2 is 1.00 bits per heavy atom. The van der Waals surface area contributed by atoms with Crippen LogP contribution in [0.25, 0.3) is 0 Å². The molecule has 0 aliphatic rings. The Morgan fingerprint density at radius 3 is 1.46 bits per heavy atom. The molecule has 134 valence electrons. The first-order chi connectivity index (χ1) is 12.3. The molecule has 0 fully saturated rings. The molecule has 0 saturated carbocycles. The van der Waals surface area contributed by atoms with Crippen molar-refractivity contribution in [1.82, 2.24) is 0 Å². The molecule has 0 aromatic heterocycles. The Morgan fingerprint density at radius 1 is 0.577 bits per heavy atom. The lowest BCUT2D eigenvalue weighted by molar-refractivity contribution is 0.481. The first kappa shape index (κ1) is 18.2. The quantitative estimate of drug-likeness (QED) is 0.666. The highest BCUT2D eigenvalue weighted by atomic mass is 32.2. The summed E-state index contributed by atoms with van der Waals surface area (Å²) in [6, 6.07) is 20.3. The van der Waals surface area contributed by atoms with Crippen molar-refractivity contribution < 1.29 is 21.6 Å². The fourth-order valence-corrected chi connectivity index (χ4v) is 4.23. The molecule has 0 bridgehead atoms. The second-order valence-corrected chi connectivity index (χ2v) is 9.60. The molecule has 0 N–H and O–H groups in total. The molecule has 0 heterocycles. The Hall–Kier alpha value is -2.64. The monoisotopic (exact) mass is 388 g/mol.